The van der Waals surface area contributed by atoms with Crippen molar-refractivity contribution in [1.29, 1.82) is 0 Å². The van der Waals surface area contributed by atoms with Gasteiger partial charge in [-0.15, -0.1) is 11.3 Å². The van der Waals surface area contributed by atoms with Crippen molar-refractivity contribution in [1.82, 2.24) is 5.32 Å². The summed E-state index contributed by atoms with van der Waals surface area (Å²) in [5.41, 5.74) is 8.01. The Labute approximate surface area is 123 Å². The van der Waals surface area contributed by atoms with Gasteiger partial charge in [0.05, 0.1) is 17.4 Å². The van der Waals surface area contributed by atoms with Gasteiger partial charge in [-0.05, 0) is 43.5 Å². The molecule has 0 fully saturated rings. The zero-order valence-electron chi connectivity index (χ0n) is 11.6. The molecular formula is C15H19N3OS. The first-order chi connectivity index (χ1) is 9.61. The van der Waals surface area contributed by atoms with E-state index in [2.05, 4.69) is 23.6 Å². The highest BCUT2D eigenvalue weighted by Crippen LogP contribution is 2.27. The van der Waals surface area contributed by atoms with Gasteiger partial charge >= 0.3 is 0 Å². The molecule has 1 amide bonds. The van der Waals surface area contributed by atoms with Gasteiger partial charge in [-0.1, -0.05) is 6.07 Å². The van der Waals surface area contributed by atoms with Crippen LogP contribution >= 0.6 is 11.3 Å². The number of hydrogen-bond donors (Lipinski definition) is 3. The SMILES string of the molecule is CCNC(=O)c1ccc(N)c(NC(C)c2cccs2)c1. The number of hydrogen-bond acceptors (Lipinski definition) is 4. The third kappa shape index (κ3) is 3.30. The number of amides is 1. The molecule has 0 aliphatic heterocycles. The molecule has 0 aliphatic rings. The minimum Gasteiger partial charge on any atom is -0.397 e. The molecule has 0 aliphatic carbocycles. The second-order valence-corrected chi connectivity index (χ2v) is 5.52. The molecule has 106 valence electrons. The molecule has 1 aromatic heterocycles. The maximum Gasteiger partial charge on any atom is 0.251 e. The second-order valence-electron chi connectivity index (χ2n) is 4.54. The maximum absolute atomic E-state index is 11.8. The lowest BCUT2D eigenvalue weighted by Crippen LogP contribution is -2.22. The number of thiophene rings is 1. The van der Waals surface area contributed by atoms with Crippen LogP contribution in [0.25, 0.3) is 0 Å². The standard InChI is InChI=1S/C15H19N3OS/c1-3-17-15(19)11-6-7-12(16)13(9-11)18-10(2)14-5-4-8-20-14/h4-10,18H,3,16H2,1-2H3,(H,17,19). The van der Waals surface area contributed by atoms with Crippen LogP contribution in [0.4, 0.5) is 11.4 Å². The maximum atomic E-state index is 11.8. The number of rotatable bonds is 5. The molecule has 1 aromatic carbocycles. The molecule has 0 radical (unpaired) electrons. The van der Waals surface area contributed by atoms with Crippen LogP contribution in [-0.2, 0) is 0 Å². The van der Waals surface area contributed by atoms with Crippen molar-refractivity contribution >= 4 is 28.6 Å². The van der Waals surface area contributed by atoms with Gasteiger partial charge in [-0.2, -0.15) is 0 Å². The molecule has 2 aromatic rings. The molecule has 4 N–H and O–H groups in total. The first-order valence-corrected chi connectivity index (χ1v) is 7.47. The molecule has 0 saturated heterocycles. The van der Waals surface area contributed by atoms with Crippen LogP contribution < -0.4 is 16.4 Å². The summed E-state index contributed by atoms with van der Waals surface area (Å²) in [4.78, 5) is 13.1. The Hall–Kier alpha value is -2.01. The van der Waals surface area contributed by atoms with Crippen LogP contribution in [-0.4, -0.2) is 12.5 Å². The van der Waals surface area contributed by atoms with Crippen molar-refractivity contribution in [2.75, 3.05) is 17.6 Å². The molecule has 4 nitrogen and oxygen atoms in total. The van der Waals surface area contributed by atoms with Gasteiger partial charge in [0.15, 0.2) is 0 Å². The van der Waals surface area contributed by atoms with E-state index in [1.165, 1.54) is 4.88 Å². The fourth-order valence-corrected chi connectivity index (χ4v) is 2.66. The Morgan fingerprint density at radius 1 is 1.40 bits per heavy atom. The molecule has 1 atom stereocenters. The molecule has 5 heteroatoms. The van der Waals surface area contributed by atoms with E-state index < -0.39 is 0 Å². The van der Waals surface area contributed by atoms with Crippen LogP contribution in [0.2, 0.25) is 0 Å². The van der Waals surface area contributed by atoms with Gasteiger partial charge in [0.25, 0.3) is 5.91 Å². The first-order valence-electron chi connectivity index (χ1n) is 6.59. The van der Waals surface area contributed by atoms with E-state index in [9.17, 15) is 4.79 Å². The Morgan fingerprint density at radius 2 is 2.20 bits per heavy atom. The Bertz CT molecular complexity index is 581. The summed E-state index contributed by atoms with van der Waals surface area (Å²) in [5, 5.41) is 8.18. The monoisotopic (exact) mass is 289 g/mol. The zero-order valence-corrected chi connectivity index (χ0v) is 12.5. The Balaban J connectivity index is 2.18. The van der Waals surface area contributed by atoms with Crippen molar-refractivity contribution < 1.29 is 4.79 Å². The summed E-state index contributed by atoms with van der Waals surface area (Å²) in [7, 11) is 0. The van der Waals surface area contributed by atoms with Gasteiger partial charge in [0.2, 0.25) is 0 Å². The van der Waals surface area contributed by atoms with Crippen LogP contribution in [0.15, 0.2) is 35.7 Å². The van der Waals surface area contributed by atoms with E-state index in [0.29, 0.717) is 17.8 Å². The minimum atomic E-state index is -0.0840. The van der Waals surface area contributed by atoms with E-state index in [0.717, 1.165) is 5.69 Å². The molecule has 0 saturated carbocycles. The summed E-state index contributed by atoms with van der Waals surface area (Å²) in [6, 6.07) is 9.54. The Morgan fingerprint density at radius 3 is 2.85 bits per heavy atom. The number of carbonyl (C=O) groups excluding carboxylic acids is 1. The summed E-state index contributed by atoms with van der Waals surface area (Å²) >= 11 is 1.69. The largest absolute Gasteiger partial charge is 0.397 e. The summed E-state index contributed by atoms with van der Waals surface area (Å²) in [5.74, 6) is -0.0840. The quantitative estimate of drug-likeness (QED) is 0.740. The zero-order chi connectivity index (χ0) is 14.5. The molecule has 20 heavy (non-hydrogen) atoms. The van der Waals surface area contributed by atoms with Crippen molar-refractivity contribution in [3.8, 4) is 0 Å². The van der Waals surface area contributed by atoms with E-state index in [1.54, 1.807) is 29.5 Å². The van der Waals surface area contributed by atoms with Crippen LogP contribution in [0.5, 0.6) is 0 Å². The van der Waals surface area contributed by atoms with E-state index in [-0.39, 0.29) is 11.9 Å². The molecular weight excluding hydrogens is 270 g/mol. The van der Waals surface area contributed by atoms with Gasteiger partial charge in [-0.3, -0.25) is 4.79 Å². The molecule has 1 heterocycles. The molecule has 2 rings (SSSR count). The number of carbonyl (C=O) groups is 1. The lowest BCUT2D eigenvalue weighted by molar-refractivity contribution is 0.0956. The van der Waals surface area contributed by atoms with E-state index >= 15 is 0 Å². The smallest absolute Gasteiger partial charge is 0.251 e. The summed E-state index contributed by atoms with van der Waals surface area (Å²) in [6.45, 7) is 4.58. The minimum absolute atomic E-state index is 0.0840. The third-order valence-electron chi connectivity index (χ3n) is 2.99. The normalized spacial score (nSPS) is 11.9. The Kier molecular flexibility index (Phi) is 4.63. The van der Waals surface area contributed by atoms with Crippen molar-refractivity contribution in [2.24, 2.45) is 0 Å². The highest BCUT2D eigenvalue weighted by molar-refractivity contribution is 7.10. The average Bonchev–Trinajstić information content (AvgIpc) is 2.95. The topological polar surface area (TPSA) is 67.2 Å². The van der Waals surface area contributed by atoms with Crippen molar-refractivity contribution in [2.45, 2.75) is 19.9 Å². The summed E-state index contributed by atoms with van der Waals surface area (Å²) in [6.07, 6.45) is 0. The average molecular weight is 289 g/mol. The number of benzene rings is 1. The van der Waals surface area contributed by atoms with Crippen molar-refractivity contribution in [3.05, 3.63) is 46.2 Å². The highest BCUT2D eigenvalue weighted by Gasteiger charge is 2.11. The number of nitrogens with one attached hydrogen (secondary N) is 2. The predicted molar refractivity (Wildman–Crippen MR) is 85.2 cm³/mol. The fourth-order valence-electron chi connectivity index (χ4n) is 1.93. The first kappa shape index (κ1) is 14.4. The van der Waals surface area contributed by atoms with Gasteiger partial charge in [-0.25, -0.2) is 0 Å². The van der Waals surface area contributed by atoms with E-state index in [1.807, 2.05) is 18.4 Å². The molecule has 0 spiro atoms. The van der Waals surface area contributed by atoms with Gasteiger partial charge in [0, 0.05) is 17.0 Å². The highest BCUT2D eigenvalue weighted by atomic mass is 32.1. The number of anilines is 2. The van der Waals surface area contributed by atoms with Gasteiger partial charge < -0.3 is 16.4 Å². The fraction of sp³-hybridized carbons (Fsp3) is 0.267. The molecule has 0 bridgehead atoms. The van der Waals surface area contributed by atoms with E-state index in [4.69, 9.17) is 5.73 Å². The van der Waals surface area contributed by atoms with Crippen LogP contribution in [0.1, 0.15) is 35.1 Å². The van der Waals surface area contributed by atoms with Crippen LogP contribution in [0, 0.1) is 0 Å². The second kappa shape index (κ2) is 6.43. The number of nitrogens with two attached hydrogens (primary N) is 1. The molecule has 1 unspecified atom stereocenters. The van der Waals surface area contributed by atoms with Gasteiger partial charge in [0.1, 0.15) is 0 Å². The third-order valence-corrected chi connectivity index (χ3v) is 4.05. The lowest BCUT2D eigenvalue weighted by atomic mass is 10.1. The lowest BCUT2D eigenvalue weighted by Gasteiger charge is -2.16. The van der Waals surface area contributed by atoms with Crippen molar-refractivity contribution in [3.63, 3.8) is 0 Å². The number of nitrogen functional groups attached to an aromatic ring is 1. The predicted octanol–water partition coefficient (Wildman–Crippen LogP) is 3.25. The summed E-state index contributed by atoms with van der Waals surface area (Å²) < 4.78 is 0. The van der Waals surface area contributed by atoms with Crippen LogP contribution in [0.3, 0.4) is 0 Å².